The number of benzene rings is 6. The van der Waals surface area contributed by atoms with Crippen molar-refractivity contribution in [3.63, 3.8) is 0 Å². The van der Waals surface area contributed by atoms with Gasteiger partial charge in [0.25, 0.3) is 0 Å². The van der Waals surface area contributed by atoms with Gasteiger partial charge in [0.2, 0.25) is 17.1 Å². The van der Waals surface area contributed by atoms with Crippen LogP contribution in [0.25, 0.3) is 55.0 Å². The molecule has 2 aromatic heterocycles. The average Bonchev–Trinajstić information content (AvgIpc) is 3.78. The normalized spacial score (nSPS) is 16.4. The van der Waals surface area contributed by atoms with Gasteiger partial charge in [-0.3, -0.25) is 0 Å². The highest BCUT2D eigenvalue weighted by atomic mass is 16.3. The number of nitrogens with zero attached hydrogens (tertiary/aromatic N) is 3. The van der Waals surface area contributed by atoms with Gasteiger partial charge in [0.1, 0.15) is 17.3 Å². The van der Waals surface area contributed by atoms with Crippen LogP contribution in [0, 0.1) is 0 Å². The zero-order chi connectivity index (χ0) is 29.9. The van der Waals surface area contributed by atoms with Crippen LogP contribution in [0.4, 0.5) is 22.7 Å². The van der Waals surface area contributed by atoms with Gasteiger partial charge < -0.3 is 13.9 Å². The second-order valence-corrected chi connectivity index (χ2v) is 12.3. The van der Waals surface area contributed by atoms with E-state index in [1.54, 1.807) is 0 Å². The molecule has 11 rings (SSSR count). The van der Waals surface area contributed by atoms with Crippen molar-refractivity contribution >= 4 is 77.8 Å². The second kappa shape index (κ2) is 8.74. The molecule has 46 heavy (non-hydrogen) atoms. The Hall–Kier alpha value is -6.13. The molecule has 1 unspecified atom stereocenters. The summed E-state index contributed by atoms with van der Waals surface area (Å²) in [7, 11) is 0. The quantitative estimate of drug-likeness (QED) is 0.188. The van der Waals surface area contributed by atoms with E-state index < -0.39 is 0 Å². The maximum atomic E-state index is 6.65. The zero-order valence-electron chi connectivity index (χ0n) is 24.8. The molecule has 0 radical (unpaired) electrons. The molecule has 0 amide bonds. The summed E-state index contributed by atoms with van der Waals surface area (Å²) in [5.74, 6) is 0. The molecule has 0 N–H and O–H groups in total. The molecule has 0 fully saturated rings. The maximum Gasteiger partial charge on any atom is 0.235 e. The molecule has 214 valence electrons. The molecule has 4 heterocycles. The predicted molar refractivity (Wildman–Crippen MR) is 190 cm³/mol. The number of rotatable bonds is 2. The van der Waals surface area contributed by atoms with Crippen molar-refractivity contribution in [2.45, 2.75) is 6.04 Å². The first kappa shape index (κ1) is 24.2. The van der Waals surface area contributed by atoms with Crippen LogP contribution >= 0.6 is 0 Å². The molecule has 0 saturated heterocycles. The number of aromatic nitrogens is 1. The molecule has 3 aliphatic rings. The molecular weight excluding hydrogens is 562 g/mol. The van der Waals surface area contributed by atoms with Crippen LogP contribution < -0.4 is 9.48 Å². The van der Waals surface area contributed by atoms with E-state index in [4.69, 9.17) is 4.42 Å². The smallest absolute Gasteiger partial charge is 0.235 e. The molecule has 0 saturated carbocycles. The Morgan fingerprint density at radius 3 is 2.30 bits per heavy atom. The Morgan fingerprint density at radius 1 is 0.609 bits per heavy atom. The van der Waals surface area contributed by atoms with Crippen molar-refractivity contribution in [2.75, 3.05) is 4.90 Å². The molecule has 1 atom stereocenters. The fourth-order valence-corrected chi connectivity index (χ4v) is 8.22. The van der Waals surface area contributed by atoms with Crippen LogP contribution in [-0.4, -0.2) is 16.3 Å². The maximum absolute atomic E-state index is 6.65. The van der Waals surface area contributed by atoms with Crippen LogP contribution in [0.3, 0.4) is 0 Å². The number of hydrogen-bond acceptors (Lipinski definition) is 2. The highest BCUT2D eigenvalue weighted by molar-refractivity contribution is 6.26. The summed E-state index contributed by atoms with van der Waals surface area (Å²) >= 11 is 0. The summed E-state index contributed by atoms with van der Waals surface area (Å²) in [6.45, 7) is 0. The second-order valence-electron chi connectivity index (χ2n) is 12.3. The van der Waals surface area contributed by atoms with Crippen LogP contribution in [0.2, 0.25) is 0 Å². The number of furan rings is 1. The first-order chi connectivity index (χ1) is 22.9. The topological polar surface area (TPSA) is 24.3 Å². The summed E-state index contributed by atoms with van der Waals surface area (Å²) in [6, 6.07) is 48.0. The van der Waals surface area contributed by atoms with E-state index in [1.165, 1.54) is 61.4 Å². The van der Waals surface area contributed by atoms with E-state index >= 15 is 0 Å². The minimum Gasteiger partial charge on any atom is -0.454 e. The van der Waals surface area contributed by atoms with E-state index in [0.717, 1.165) is 27.6 Å². The molecule has 2 aliphatic heterocycles. The zero-order valence-corrected chi connectivity index (χ0v) is 24.8. The van der Waals surface area contributed by atoms with Gasteiger partial charge >= 0.3 is 0 Å². The number of para-hydroxylation sites is 6. The molecule has 0 spiro atoms. The minimum absolute atomic E-state index is 0.0501. The number of hydrogen-bond donors (Lipinski definition) is 0. The van der Waals surface area contributed by atoms with Crippen molar-refractivity contribution in [3.05, 3.63) is 157 Å². The number of fused-ring (bicyclic) bond motifs is 12. The molecular formula is C42H26N3O+. The van der Waals surface area contributed by atoms with E-state index in [2.05, 4.69) is 160 Å². The van der Waals surface area contributed by atoms with Gasteiger partial charge in [-0.2, -0.15) is 4.58 Å². The van der Waals surface area contributed by atoms with Gasteiger partial charge in [0, 0.05) is 51.4 Å². The Morgan fingerprint density at radius 2 is 1.37 bits per heavy atom. The van der Waals surface area contributed by atoms with Gasteiger partial charge in [0.15, 0.2) is 5.58 Å². The third-order valence-corrected chi connectivity index (χ3v) is 10.0. The highest BCUT2D eigenvalue weighted by Gasteiger charge is 2.49. The number of allylic oxidation sites excluding steroid dienone is 2. The monoisotopic (exact) mass is 588 g/mol. The largest absolute Gasteiger partial charge is 0.454 e. The summed E-state index contributed by atoms with van der Waals surface area (Å²) in [6.07, 6.45) is 6.81. The van der Waals surface area contributed by atoms with E-state index in [0.29, 0.717) is 0 Å². The van der Waals surface area contributed by atoms with E-state index in [9.17, 15) is 0 Å². The third kappa shape index (κ3) is 2.96. The van der Waals surface area contributed by atoms with Crippen molar-refractivity contribution in [2.24, 2.45) is 0 Å². The standard InChI is InChI=1S/C42H26N3O/c1-2-12-26(13-3-1)43-34-19-7-8-20-35(34)45-39-29(16-10-21-36(39)43)31-25-24-30-27-14-4-6-18-33(27)44(40(30)41(31)45)37-22-11-17-32-28-15-5-9-23-38(28)46-42(32)37/h1-25,39H/q+1. The summed E-state index contributed by atoms with van der Waals surface area (Å²) in [4.78, 5) is 2.59. The Labute approximate surface area is 264 Å². The van der Waals surface area contributed by atoms with E-state index in [1.807, 2.05) is 6.07 Å². The Balaban J connectivity index is 1.29. The van der Waals surface area contributed by atoms with Gasteiger partial charge in [0.05, 0.1) is 22.4 Å². The minimum atomic E-state index is 0.0501. The molecule has 1 aliphatic carbocycles. The predicted octanol–water partition coefficient (Wildman–Crippen LogP) is 10.4. The number of anilines is 2. The lowest BCUT2D eigenvalue weighted by molar-refractivity contribution is 0.666. The molecule has 4 heteroatoms. The molecule has 8 aromatic rings. The Bertz CT molecular complexity index is 2700. The molecule has 6 aromatic carbocycles. The summed E-state index contributed by atoms with van der Waals surface area (Å²) in [5.41, 5.74) is 13.9. The van der Waals surface area contributed by atoms with Gasteiger partial charge in [-0.05, 0) is 29.8 Å². The van der Waals surface area contributed by atoms with Crippen molar-refractivity contribution in [1.82, 2.24) is 9.14 Å². The lowest BCUT2D eigenvalue weighted by Gasteiger charge is -2.33. The fourth-order valence-electron chi connectivity index (χ4n) is 8.22. The van der Waals surface area contributed by atoms with Crippen molar-refractivity contribution in [3.8, 4) is 5.69 Å². The molecule has 4 nitrogen and oxygen atoms in total. The lowest BCUT2D eigenvalue weighted by atomic mass is 9.92. The van der Waals surface area contributed by atoms with Crippen LogP contribution in [-0.2, 0) is 0 Å². The van der Waals surface area contributed by atoms with Crippen LogP contribution in [0.5, 0.6) is 0 Å². The summed E-state index contributed by atoms with van der Waals surface area (Å²) in [5, 5.41) is 4.73. The van der Waals surface area contributed by atoms with Crippen molar-refractivity contribution in [1.29, 1.82) is 0 Å². The third-order valence-electron chi connectivity index (χ3n) is 10.0. The fraction of sp³-hybridized carbons (Fsp3) is 0.0238. The van der Waals surface area contributed by atoms with Crippen LogP contribution in [0.1, 0.15) is 5.56 Å². The van der Waals surface area contributed by atoms with Crippen LogP contribution in [0.15, 0.2) is 156 Å². The first-order valence-electron chi connectivity index (χ1n) is 15.8. The Kier molecular flexibility index (Phi) is 4.60. The van der Waals surface area contributed by atoms with E-state index in [-0.39, 0.29) is 6.04 Å². The average molecular weight is 589 g/mol. The first-order valence-corrected chi connectivity index (χ1v) is 15.8. The van der Waals surface area contributed by atoms with Gasteiger partial charge in [-0.25, -0.2) is 0 Å². The molecule has 0 bridgehead atoms. The lowest BCUT2D eigenvalue weighted by Crippen LogP contribution is -2.43. The highest BCUT2D eigenvalue weighted by Crippen LogP contribution is 2.55. The SMILES string of the molecule is C1=CC2=[N+](c3ccccc3)c3ccccc3N3c4c(ccc5c6ccccc6n(-c6cccc7c6oc6ccccc67)c45)C(=C1)C23. The van der Waals surface area contributed by atoms with Crippen molar-refractivity contribution < 1.29 is 4.42 Å². The van der Waals surface area contributed by atoms with Gasteiger partial charge in [-0.15, -0.1) is 0 Å². The summed E-state index contributed by atoms with van der Waals surface area (Å²) < 4.78 is 11.5. The van der Waals surface area contributed by atoms with Gasteiger partial charge in [-0.1, -0.05) is 103 Å².